The van der Waals surface area contributed by atoms with Gasteiger partial charge in [0.25, 0.3) is 0 Å². The number of hydrogen-bond donors (Lipinski definition) is 2. The molecule has 1 heterocycles. The van der Waals surface area contributed by atoms with Crippen LogP contribution in [-0.4, -0.2) is 30.6 Å². The molecular formula is C19H24IN5O2S. The van der Waals surface area contributed by atoms with Gasteiger partial charge in [0, 0.05) is 13.6 Å². The molecule has 0 radical (unpaired) electrons. The predicted molar refractivity (Wildman–Crippen MR) is 121 cm³/mol. The number of halogens is 1. The van der Waals surface area contributed by atoms with E-state index >= 15 is 0 Å². The number of carbonyl (C=O) groups is 1. The second-order valence-corrected chi connectivity index (χ2v) is 6.82. The summed E-state index contributed by atoms with van der Waals surface area (Å²) in [5.41, 5.74) is 2.27. The molecule has 0 aliphatic carbocycles. The molecule has 9 heteroatoms. The third-order valence-corrected chi connectivity index (χ3v) is 5.06. The SMILES string of the molecule is CCOC(=O)c1sc(C(C)NC(=NC)NCc2cccc(C#N)c2)nc1C.I. The van der Waals surface area contributed by atoms with Gasteiger partial charge in [0.05, 0.1) is 30.0 Å². The number of thiazole rings is 1. The van der Waals surface area contributed by atoms with Gasteiger partial charge in [-0.05, 0) is 38.5 Å². The van der Waals surface area contributed by atoms with Gasteiger partial charge in [-0.15, -0.1) is 35.3 Å². The number of ether oxygens (including phenoxy) is 1. The van der Waals surface area contributed by atoms with E-state index in [0.29, 0.717) is 35.2 Å². The molecule has 1 aromatic heterocycles. The Morgan fingerprint density at radius 2 is 2.21 bits per heavy atom. The quantitative estimate of drug-likeness (QED) is 0.265. The smallest absolute Gasteiger partial charge is 0.350 e. The van der Waals surface area contributed by atoms with Gasteiger partial charge in [0.15, 0.2) is 5.96 Å². The van der Waals surface area contributed by atoms with Crippen molar-refractivity contribution in [1.29, 1.82) is 5.26 Å². The summed E-state index contributed by atoms with van der Waals surface area (Å²) >= 11 is 1.32. The van der Waals surface area contributed by atoms with Crippen LogP contribution >= 0.6 is 35.3 Å². The van der Waals surface area contributed by atoms with Crippen molar-refractivity contribution in [3.63, 3.8) is 0 Å². The van der Waals surface area contributed by atoms with Gasteiger partial charge < -0.3 is 15.4 Å². The standard InChI is InChI=1S/C19H23N5O2S.HI/c1-5-26-18(25)16-12(2)23-17(27-16)13(3)24-19(21-4)22-11-15-8-6-7-14(9-15)10-20;/h6-9,13H,5,11H2,1-4H3,(H2,21,22,24);1H. The molecule has 28 heavy (non-hydrogen) atoms. The molecule has 0 saturated heterocycles. The monoisotopic (exact) mass is 513 g/mol. The van der Waals surface area contributed by atoms with Crippen LogP contribution < -0.4 is 10.6 Å². The first kappa shape index (κ1) is 23.8. The normalized spacial score (nSPS) is 11.8. The van der Waals surface area contributed by atoms with Gasteiger partial charge in [-0.25, -0.2) is 9.78 Å². The molecule has 0 aliphatic heterocycles. The Labute approximate surface area is 186 Å². The number of hydrogen-bond acceptors (Lipinski definition) is 6. The van der Waals surface area contributed by atoms with Crippen molar-refractivity contribution in [1.82, 2.24) is 15.6 Å². The highest BCUT2D eigenvalue weighted by Gasteiger charge is 2.20. The Balaban J connectivity index is 0.00000392. The van der Waals surface area contributed by atoms with Crippen LogP contribution in [0.4, 0.5) is 0 Å². The summed E-state index contributed by atoms with van der Waals surface area (Å²) < 4.78 is 5.06. The molecule has 0 saturated carbocycles. The van der Waals surface area contributed by atoms with E-state index in [1.165, 1.54) is 11.3 Å². The molecule has 1 atom stereocenters. The van der Waals surface area contributed by atoms with Crippen LogP contribution in [0.5, 0.6) is 0 Å². The van der Waals surface area contributed by atoms with Gasteiger partial charge in [-0.3, -0.25) is 4.99 Å². The molecule has 0 bridgehead atoms. The van der Waals surface area contributed by atoms with Gasteiger partial charge in [-0.2, -0.15) is 5.26 Å². The van der Waals surface area contributed by atoms with Crippen molar-refractivity contribution in [3.05, 3.63) is 51.0 Å². The van der Waals surface area contributed by atoms with Crippen LogP contribution in [0.1, 0.15) is 51.4 Å². The summed E-state index contributed by atoms with van der Waals surface area (Å²) in [6.07, 6.45) is 0. The molecule has 0 fully saturated rings. The highest BCUT2D eigenvalue weighted by atomic mass is 127. The zero-order chi connectivity index (χ0) is 19.8. The fraction of sp³-hybridized carbons (Fsp3) is 0.368. The molecule has 2 N–H and O–H groups in total. The van der Waals surface area contributed by atoms with Gasteiger partial charge in [0.2, 0.25) is 0 Å². The maximum atomic E-state index is 12.0. The summed E-state index contributed by atoms with van der Waals surface area (Å²) in [5, 5.41) is 16.2. The second-order valence-electron chi connectivity index (χ2n) is 5.79. The van der Waals surface area contributed by atoms with E-state index in [4.69, 9.17) is 10.00 Å². The number of nitrogens with zero attached hydrogens (tertiary/aromatic N) is 3. The highest BCUT2D eigenvalue weighted by molar-refractivity contribution is 14.0. The lowest BCUT2D eigenvalue weighted by molar-refractivity contribution is 0.0531. The first-order valence-corrected chi connectivity index (χ1v) is 9.40. The Kier molecular flexibility index (Phi) is 9.89. The molecule has 0 aliphatic rings. The zero-order valence-corrected chi connectivity index (χ0v) is 19.4. The molecule has 0 amide bonds. The maximum Gasteiger partial charge on any atom is 0.350 e. The minimum absolute atomic E-state index is 0. The number of nitriles is 1. The Bertz CT molecular complexity index is 875. The predicted octanol–water partition coefficient (Wildman–Crippen LogP) is 3.54. The van der Waals surface area contributed by atoms with Crippen LogP contribution in [0.3, 0.4) is 0 Å². The van der Waals surface area contributed by atoms with Crippen molar-refractivity contribution in [2.45, 2.75) is 33.4 Å². The number of aliphatic imine (C=N–C) groups is 1. The lowest BCUT2D eigenvalue weighted by Gasteiger charge is -2.16. The average Bonchev–Trinajstić information content (AvgIpc) is 3.07. The number of guanidine groups is 1. The minimum Gasteiger partial charge on any atom is -0.462 e. The van der Waals surface area contributed by atoms with E-state index in [2.05, 4.69) is 26.7 Å². The second kappa shape index (κ2) is 11.6. The summed E-state index contributed by atoms with van der Waals surface area (Å²) in [6.45, 7) is 6.40. The molecule has 1 unspecified atom stereocenters. The molecule has 2 aromatic rings. The molecule has 1 aromatic carbocycles. The van der Waals surface area contributed by atoms with Gasteiger partial charge in [0.1, 0.15) is 9.88 Å². The van der Waals surface area contributed by atoms with Crippen LogP contribution in [0.15, 0.2) is 29.3 Å². The van der Waals surface area contributed by atoms with Crippen molar-refractivity contribution in [3.8, 4) is 6.07 Å². The topological polar surface area (TPSA) is 99.4 Å². The zero-order valence-electron chi connectivity index (χ0n) is 16.3. The first-order chi connectivity index (χ1) is 13.0. The first-order valence-electron chi connectivity index (χ1n) is 8.59. The number of esters is 1. The van der Waals surface area contributed by atoms with Crippen LogP contribution in [0, 0.1) is 18.3 Å². The van der Waals surface area contributed by atoms with E-state index in [1.54, 1.807) is 27.0 Å². The van der Waals surface area contributed by atoms with Crippen molar-refractivity contribution in [2.75, 3.05) is 13.7 Å². The minimum atomic E-state index is -0.342. The molecule has 0 spiro atoms. The summed E-state index contributed by atoms with van der Waals surface area (Å²) in [7, 11) is 1.69. The third kappa shape index (κ3) is 6.45. The van der Waals surface area contributed by atoms with Crippen molar-refractivity contribution < 1.29 is 9.53 Å². The molecular weight excluding hydrogens is 489 g/mol. The number of rotatable bonds is 6. The average molecular weight is 513 g/mol. The van der Waals surface area contributed by atoms with Crippen LogP contribution in [0.25, 0.3) is 0 Å². The third-order valence-electron chi connectivity index (χ3n) is 3.74. The Morgan fingerprint density at radius 3 is 2.86 bits per heavy atom. The van der Waals surface area contributed by atoms with Crippen LogP contribution in [0.2, 0.25) is 0 Å². The fourth-order valence-electron chi connectivity index (χ4n) is 2.39. The van der Waals surface area contributed by atoms with Crippen molar-refractivity contribution >= 4 is 47.2 Å². The van der Waals surface area contributed by atoms with E-state index < -0.39 is 0 Å². The Hall–Kier alpha value is -2.19. The number of benzene rings is 1. The number of aromatic nitrogens is 1. The van der Waals surface area contributed by atoms with E-state index in [-0.39, 0.29) is 36.0 Å². The lowest BCUT2D eigenvalue weighted by atomic mass is 10.1. The van der Waals surface area contributed by atoms with E-state index in [9.17, 15) is 4.79 Å². The highest BCUT2D eigenvalue weighted by Crippen LogP contribution is 2.24. The van der Waals surface area contributed by atoms with Crippen molar-refractivity contribution in [2.24, 2.45) is 4.99 Å². The molecule has 150 valence electrons. The lowest BCUT2D eigenvalue weighted by Crippen LogP contribution is -2.38. The van der Waals surface area contributed by atoms with E-state index in [0.717, 1.165) is 10.6 Å². The molecule has 2 rings (SSSR count). The summed E-state index contributed by atoms with van der Waals surface area (Å²) in [6, 6.07) is 9.40. The number of nitrogens with one attached hydrogen (secondary N) is 2. The van der Waals surface area contributed by atoms with Gasteiger partial charge in [-0.1, -0.05) is 12.1 Å². The summed E-state index contributed by atoms with van der Waals surface area (Å²) in [5.74, 6) is 0.265. The molecule has 7 nitrogen and oxygen atoms in total. The van der Waals surface area contributed by atoms with E-state index in [1.807, 2.05) is 25.1 Å². The largest absolute Gasteiger partial charge is 0.462 e. The van der Waals surface area contributed by atoms with Gasteiger partial charge >= 0.3 is 5.97 Å². The number of aryl methyl sites for hydroxylation is 1. The Morgan fingerprint density at radius 1 is 1.46 bits per heavy atom. The maximum absolute atomic E-state index is 12.0. The fourth-order valence-corrected chi connectivity index (χ4v) is 3.35. The summed E-state index contributed by atoms with van der Waals surface area (Å²) in [4.78, 5) is 21.2. The number of carbonyl (C=O) groups excluding carboxylic acids is 1. The van der Waals surface area contributed by atoms with Crippen LogP contribution in [-0.2, 0) is 11.3 Å².